The maximum atomic E-state index is 12.6. The molecule has 0 aliphatic carbocycles. The van der Waals surface area contributed by atoms with E-state index in [0.717, 1.165) is 29.5 Å². The summed E-state index contributed by atoms with van der Waals surface area (Å²) in [7, 11) is 0. The maximum absolute atomic E-state index is 12.6. The number of unbranched alkanes of at least 4 members (excludes halogenated alkanes) is 1. The van der Waals surface area contributed by atoms with Crippen LogP contribution in [0.2, 0.25) is 0 Å². The minimum Gasteiger partial charge on any atom is -0.422 e. The van der Waals surface area contributed by atoms with Crippen molar-refractivity contribution >= 4 is 17.8 Å². The highest BCUT2D eigenvalue weighted by molar-refractivity contribution is 6.22. The average Bonchev–Trinajstić information content (AvgIpc) is 2.90. The lowest BCUT2D eigenvalue weighted by molar-refractivity contribution is 0.0651. The first-order valence-corrected chi connectivity index (χ1v) is 9.14. The number of hydrogen-bond donors (Lipinski definition) is 0. The van der Waals surface area contributed by atoms with Crippen molar-refractivity contribution in [1.29, 1.82) is 0 Å². The molecule has 1 aliphatic heterocycles. The second kappa shape index (κ2) is 7.35. The van der Waals surface area contributed by atoms with E-state index < -0.39 is 5.97 Å². The van der Waals surface area contributed by atoms with Crippen LogP contribution in [-0.2, 0) is 0 Å². The minimum absolute atomic E-state index is 0.257. The molecule has 0 unspecified atom stereocenters. The SMILES string of the molecule is CCCCN1C(=O)c2ccc(C(=O)Oc3c(C)ccc(C)c3C)cc2C1=O. The number of nitrogens with zero attached hydrogens (tertiary/aromatic N) is 1. The van der Waals surface area contributed by atoms with Crippen molar-refractivity contribution in [2.75, 3.05) is 6.54 Å². The fraction of sp³-hybridized carbons (Fsp3) is 0.318. The fourth-order valence-electron chi connectivity index (χ4n) is 3.17. The van der Waals surface area contributed by atoms with Crippen LogP contribution in [0, 0.1) is 20.8 Å². The highest BCUT2D eigenvalue weighted by Gasteiger charge is 2.35. The Morgan fingerprint density at radius 3 is 2.33 bits per heavy atom. The predicted octanol–water partition coefficient (Wildman–Crippen LogP) is 4.23. The average molecular weight is 365 g/mol. The van der Waals surface area contributed by atoms with E-state index in [1.54, 1.807) is 0 Å². The van der Waals surface area contributed by atoms with Gasteiger partial charge in [0, 0.05) is 6.54 Å². The van der Waals surface area contributed by atoms with Gasteiger partial charge in [0.2, 0.25) is 0 Å². The number of esters is 1. The largest absolute Gasteiger partial charge is 0.422 e. The summed E-state index contributed by atoms with van der Waals surface area (Å²) >= 11 is 0. The van der Waals surface area contributed by atoms with E-state index in [4.69, 9.17) is 4.74 Å². The number of carbonyl (C=O) groups excluding carboxylic acids is 3. The van der Waals surface area contributed by atoms with Gasteiger partial charge in [0.05, 0.1) is 16.7 Å². The van der Waals surface area contributed by atoms with E-state index >= 15 is 0 Å². The molecule has 2 aromatic carbocycles. The van der Waals surface area contributed by atoms with Crippen LogP contribution < -0.4 is 4.74 Å². The van der Waals surface area contributed by atoms with Crippen LogP contribution in [0.15, 0.2) is 30.3 Å². The Balaban J connectivity index is 1.88. The molecule has 0 atom stereocenters. The first kappa shape index (κ1) is 18.8. The summed E-state index contributed by atoms with van der Waals surface area (Å²) in [6.07, 6.45) is 1.65. The molecule has 5 heteroatoms. The zero-order valence-corrected chi connectivity index (χ0v) is 16.1. The summed E-state index contributed by atoms with van der Waals surface area (Å²) in [6, 6.07) is 8.42. The van der Waals surface area contributed by atoms with Crippen LogP contribution in [0.5, 0.6) is 5.75 Å². The number of aryl methyl sites for hydroxylation is 2. The lowest BCUT2D eigenvalue weighted by atomic mass is 10.0. The number of hydrogen-bond acceptors (Lipinski definition) is 4. The topological polar surface area (TPSA) is 63.7 Å². The monoisotopic (exact) mass is 365 g/mol. The van der Waals surface area contributed by atoms with E-state index in [2.05, 4.69) is 0 Å². The highest BCUT2D eigenvalue weighted by Crippen LogP contribution is 2.28. The standard InChI is InChI=1S/C22H23NO4/c1-5-6-11-23-20(24)17-10-9-16(12-18(17)21(23)25)22(26)27-19-14(3)8-7-13(2)15(19)4/h7-10,12H,5-6,11H2,1-4H3. The molecule has 1 heterocycles. The van der Waals surface area contributed by atoms with Crippen molar-refractivity contribution < 1.29 is 19.1 Å². The third kappa shape index (κ3) is 3.37. The van der Waals surface area contributed by atoms with Gasteiger partial charge >= 0.3 is 5.97 Å². The van der Waals surface area contributed by atoms with E-state index in [1.165, 1.54) is 23.1 Å². The number of amides is 2. The van der Waals surface area contributed by atoms with Crippen LogP contribution in [0.3, 0.4) is 0 Å². The summed E-state index contributed by atoms with van der Waals surface area (Å²) in [4.78, 5) is 38.8. The molecular weight excluding hydrogens is 342 g/mol. The van der Waals surface area contributed by atoms with E-state index in [1.807, 2.05) is 39.8 Å². The fourth-order valence-corrected chi connectivity index (χ4v) is 3.17. The Kier molecular flexibility index (Phi) is 5.13. The second-order valence-electron chi connectivity index (χ2n) is 6.92. The van der Waals surface area contributed by atoms with Gasteiger partial charge in [0.1, 0.15) is 5.75 Å². The van der Waals surface area contributed by atoms with Gasteiger partial charge in [-0.15, -0.1) is 0 Å². The smallest absolute Gasteiger partial charge is 0.343 e. The van der Waals surface area contributed by atoms with Gasteiger partial charge < -0.3 is 4.74 Å². The molecule has 0 radical (unpaired) electrons. The molecule has 2 aromatic rings. The number of benzene rings is 2. The summed E-state index contributed by atoms with van der Waals surface area (Å²) in [6.45, 7) is 8.13. The van der Waals surface area contributed by atoms with Crippen molar-refractivity contribution in [3.05, 3.63) is 63.7 Å². The lowest BCUT2D eigenvalue weighted by Gasteiger charge is -2.13. The molecule has 1 aliphatic rings. The quantitative estimate of drug-likeness (QED) is 0.452. The zero-order valence-electron chi connectivity index (χ0n) is 16.1. The number of imide groups is 1. The van der Waals surface area contributed by atoms with Gasteiger partial charge in [-0.2, -0.15) is 0 Å². The van der Waals surface area contributed by atoms with E-state index in [0.29, 0.717) is 17.9 Å². The minimum atomic E-state index is -0.540. The summed E-state index contributed by atoms with van der Waals surface area (Å²) < 4.78 is 5.61. The molecule has 5 nitrogen and oxygen atoms in total. The molecule has 2 amide bonds. The van der Waals surface area contributed by atoms with Crippen molar-refractivity contribution in [3.63, 3.8) is 0 Å². The summed E-state index contributed by atoms with van der Waals surface area (Å²) in [5, 5.41) is 0. The first-order valence-electron chi connectivity index (χ1n) is 9.14. The van der Waals surface area contributed by atoms with E-state index in [-0.39, 0.29) is 22.9 Å². The molecule has 0 spiro atoms. The molecule has 0 saturated carbocycles. The third-order valence-corrected chi connectivity index (χ3v) is 5.01. The van der Waals surface area contributed by atoms with Crippen molar-refractivity contribution in [2.45, 2.75) is 40.5 Å². The summed E-state index contributed by atoms with van der Waals surface area (Å²) in [5.41, 5.74) is 3.67. The Morgan fingerprint density at radius 2 is 1.63 bits per heavy atom. The lowest BCUT2D eigenvalue weighted by Crippen LogP contribution is -2.30. The summed E-state index contributed by atoms with van der Waals surface area (Å²) in [5.74, 6) is -0.649. The number of fused-ring (bicyclic) bond motifs is 1. The molecule has 0 bridgehead atoms. The van der Waals surface area contributed by atoms with Crippen LogP contribution in [-0.4, -0.2) is 29.2 Å². The van der Waals surface area contributed by atoms with Gasteiger partial charge in [-0.1, -0.05) is 25.5 Å². The molecule has 0 aromatic heterocycles. The van der Waals surface area contributed by atoms with Crippen molar-refractivity contribution in [1.82, 2.24) is 4.90 Å². The Bertz CT molecular complexity index is 946. The highest BCUT2D eigenvalue weighted by atomic mass is 16.5. The van der Waals surface area contributed by atoms with Crippen LogP contribution in [0.25, 0.3) is 0 Å². The number of carbonyl (C=O) groups is 3. The number of ether oxygens (including phenoxy) is 1. The molecule has 0 saturated heterocycles. The third-order valence-electron chi connectivity index (χ3n) is 5.01. The molecule has 3 rings (SSSR count). The number of rotatable bonds is 5. The van der Waals surface area contributed by atoms with Crippen LogP contribution >= 0.6 is 0 Å². The van der Waals surface area contributed by atoms with Crippen molar-refractivity contribution in [2.24, 2.45) is 0 Å². The predicted molar refractivity (Wildman–Crippen MR) is 102 cm³/mol. The molecule has 27 heavy (non-hydrogen) atoms. The zero-order chi connectivity index (χ0) is 19.7. The first-order chi connectivity index (χ1) is 12.8. The Labute approximate surface area is 158 Å². The Morgan fingerprint density at radius 1 is 0.963 bits per heavy atom. The molecule has 140 valence electrons. The van der Waals surface area contributed by atoms with Crippen LogP contribution in [0.4, 0.5) is 0 Å². The van der Waals surface area contributed by atoms with Gasteiger partial charge in [-0.05, 0) is 62.1 Å². The maximum Gasteiger partial charge on any atom is 0.343 e. The van der Waals surface area contributed by atoms with Gasteiger partial charge in [0.25, 0.3) is 11.8 Å². The Hall–Kier alpha value is -2.95. The molecule has 0 fully saturated rings. The van der Waals surface area contributed by atoms with Gasteiger partial charge in [-0.25, -0.2) is 4.79 Å². The van der Waals surface area contributed by atoms with Gasteiger partial charge in [0.15, 0.2) is 0 Å². The molecular formula is C22H23NO4. The second-order valence-corrected chi connectivity index (χ2v) is 6.92. The van der Waals surface area contributed by atoms with Crippen molar-refractivity contribution in [3.8, 4) is 5.75 Å². The van der Waals surface area contributed by atoms with Crippen LogP contribution in [0.1, 0.15) is 67.5 Å². The van der Waals surface area contributed by atoms with Gasteiger partial charge in [-0.3, -0.25) is 14.5 Å². The van der Waals surface area contributed by atoms with E-state index in [9.17, 15) is 14.4 Å². The molecule has 0 N–H and O–H groups in total. The normalized spacial score (nSPS) is 13.1.